The van der Waals surface area contributed by atoms with E-state index in [1.807, 2.05) is 24.3 Å². The van der Waals surface area contributed by atoms with Crippen LogP contribution >= 0.6 is 0 Å². The smallest absolute Gasteiger partial charge is 0.251 e. The third-order valence-corrected chi connectivity index (χ3v) is 5.78. The van der Waals surface area contributed by atoms with Gasteiger partial charge in [-0.1, -0.05) is 18.2 Å². The highest BCUT2D eigenvalue weighted by Gasteiger charge is 2.21. The number of aryl methyl sites for hydroxylation is 1. The number of nitrogens with one attached hydrogen (secondary N) is 1. The standard InChI is InChI=1S/C18H22N2O4S/c1-13-5-8-15(11-17(13)25(22,23)20(2)3)18(21)19-12-14-6-9-16(24-4)10-7-14/h5-11H,12H2,1-4H3,(H,19,21). The SMILES string of the molecule is COc1ccc(CNC(=O)c2ccc(C)c(S(=O)(=O)N(C)C)c2)cc1. The number of carbonyl (C=O) groups excluding carboxylic acids is 1. The molecule has 0 saturated carbocycles. The Labute approximate surface area is 148 Å². The van der Waals surface area contributed by atoms with Crippen molar-refractivity contribution < 1.29 is 17.9 Å². The van der Waals surface area contributed by atoms with Crippen LogP contribution in [0.5, 0.6) is 5.75 Å². The third kappa shape index (κ3) is 4.37. The Kier molecular flexibility index (Phi) is 5.81. The molecular formula is C18H22N2O4S. The van der Waals surface area contributed by atoms with E-state index in [1.54, 1.807) is 26.2 Å². The zero-order valence-electron chi connectivity index (χ0n) is 14.7. The number of hydrogen-bond acceptors (Lipinski definition) is 4. The van der Waals surface area contributed by atoms with Gasteiger partial charge in [0.2, 0.25) is 10.0 Å². The van der Waals surface area contributed by atoms with Gasteiger partial charge in [-0.05, 0) is 42.3 Å². The van der Waals surface area contributed by atoms with Crippen molar-refractivity contribution in [3.8, 4) is 5.75 Å². The second-order valence-electron chi connectivity index (χ2n) is 5.80. The predicted molar refractivity (Wildman–Crippen MR) is 96.2 cm³/mol. The minimum Gasteiger partial charge on any atom is -0.497 e. The monoisotopic (exact) mass is 362 g/mol. The molecule has 2 rings (SSSR count). The van der Waals surface area contributed by atoms with Crippen LogP contribution in [-0.2, 0) is 16.6 Å². The van der Waals surface area contributed by atoms with Crippen molar-refractivity contribution in [1.82, 2.24) is 9.62 Å². The first-order chi connectivity index (χ1) is 11.8. The number of benzene rings is 2. The summed E-state index contributed by atoms with van der Waals surface area (Å²) in [5, 5.41) is 2.79. The molecule has 1 amide bonds. The summed E-state index contributed by atoms with van der Waals surface area (Å²) in [6.45, 7) is 2.04. The summed E-state index contributed by atoms with van der Waals surface area (Å²) in [5.74, 6) is 0.415. The van der Waals surface area contributed by atoms with Gasteiger partial charge < -0.3 is 10.1 Å². The van der Waals surface area contributed by atoms with Crippen molar-refractivity contribution in [2.75, 3.05) is 21.2 Å². The van der Waals surface area contributed by atoms with E-state index in [0.717, 1.165) is 15.6 Å². The maximum atomic E-state index is 12.4. The van der Waals surface area contributed by atoms with E-state index in [-0.39, 0.29) is 10.8 Å². The largest absolute Gasteiger partial charge is 0.497 e. The van der Waals surface area contributed by atoms with E-state index in [0.29, 0.717) is 17.7 Å². The molecular weight excluding hydrogens is 340 g/mol. The number of sulfonamides is 1. The predicted octanol–water partition coefficient (Wildman–Crippen LogP) is 2.18. The van der Waals surface area contributed by atoms with E-state index >= 15 is 0 Å². The number of methoxy groups -OCH3 is 1. The zero-order valence-corrected chi connectivity index (χ0v) is 15.6. The number of hydrogen-bond donors (Lipinski definition) is 1. The number of ether oxygens (including phenoxy) is 1. The van der Waals surface area contributed by atoms with Crippen LogP contribution in [0.25, 0.3) is 0 Å². The van der Waals surface area contributed by atoms with Crippen LogP contribution in [0, 0.1) is 6.92 Å². The van der Waals surface area contributed by atoms with Crippen LogP contribution < -0.4 is 10.1 Å². The Morgan fingerprint density at radius 1 is 1.12 bits per heavy atom. The molecule has 1 N–H and O–H groups in total. The topological polar surface area (TPSA) is 75.7 Å². The summed E-state index contributed by atoms with van der Waals surface area (Å²) in [7, 11) is 0.919. The molecule has 0 aromatic heterocycles. The molecule has 0 unspecified atom stereocenters. The minimum atomic E-state index is -3.60. The van der Waals surface area contributed by atoms with Crippen LogP contribution in [0.1, 0.15) is 21.5 Å². The molecule has 25 heavy (non-hydrogen) atoms. The van der Waals surface area contributed by atoms with Crippen LogP contribution in [0.2, 0.25) is 0 Å². The fourth-order valence-electron chi connectivity index (χ4n) is 2.24. The van der Waals surface area contributed by atoms with Crippen molar-refractivity contribution >= 4 is 15.9 Å². The molecule has 7 heteroatoms. The van der Waals surface area contributed by atoms with Crippen LogP contribution in [0.4, 0.5) is 0 Å². The van der Waals surface area contributed by atoms with Crippen molar-refractivity contribution in [1.29, 1.82) is 0 Å². The van der Waals surface area contributed by atoms with Crippen molar-refractivity contribution in [2.45, 2.75) is 18.4 Å². The van der Waals surface area contributed by atoms with Gasteiger partial charge in [-0.3, -0.25) is 4.79 Å². The average Bonchev–Trinajstić information content (AvgIpc) is 2.60. The Bertz CT molecular complexity index is 859. The Morgan fingerprint density at radius 2 is 1.76 bits per heavy atom. The number of amides is 1. The summed E-state index contributed by atoms with van der Waals surface area (Å²) in [4.78, 5) is 12.5. The third-order valence-electron chi connectivity index (χ3n) is 3.82. The highest BCUT2D eigenvalue weighted by Crippen LogP contribution is 2.20. The molecule has 0 atom stereocenters. The summed E-state index contributed by atoms with van der Waals surface area (Å²) in [6.07, 6.45) is 0. The Morgan fingerprint density at radius 3 is 2.32 bits per heavy atom. The maximum absolute atomic E-state index is 12.4. The summed E-state index contributed by atoms with van der Waals surface area (Å²) in [5.41, 5.74) is 1.82. The lowest BCUT2D eigenvalue weighted by Gasteiger charge is -2.14. The molecule has 0 aliphatic heterocycles. The van der Waals surface area contributed by atoms with E-state index in [4.69, 9.17) is 4.74 Å². The maximum Gasteiger partial charge on any atom is 0.251 e. The lowest BCUT2D eigenvalue weighted by Crippen LogP contribution is -2.25. The number of rotatable bonds is 6. The highest BCUT2D eigenvalue weighted by molar-refractivity contribution is 7.89. The van der Waals surface area contributed by atoms with Gasteiger partial charge in [0.15, 0.2) is 0 Å². The first-order valence-corrected chi connectivity index (χ1v) is 9.14. The molecule has 0 fully saturated rings. The number of carbonyl (C=O) groups is 1. The lowest BCUT2D eigenvalue weighted by atomic mass is 10.1. The molecule has 6 nitrogen and oxygen atoms in total. The van der Waals surface area contributed by atoms with Gasteiger partial charge in [0, 0.05) is 26.2 Å². The summed E-state index contributed by atoms with van der Waals surface area (Å²) >= 11 is 0. The molecule has 0 radical (unpaired) electrons. The van der Waals surface area contributed by atoms with Gasteiger partial charge in [-0.2, -0.15) is 0 Å². The highest BCUT2D eigenvalue weighted by atomic mass is 32.2. The number of nitrogens with zero attached hydrogens (tertiary/aromatic N) is 1. The first-order valence-electron chi connectivity index (χ1n) is 7.70. The van der Waals surface area contributed by atoms with Gasteiger partial charge in [-0.15, -0.1) is 0 Å². The minimum absolute atomic E-state index is 0.134. The van der Waals surface area contributed by atoms with E-state index < -0.39 is 10.0 Å². The van der Waals surface area contributed by atoms with Gasteiger partial charge in [0.05, 0.1) is 12.0 Å². The van der Waals surface area contributed by atoms with Gasteiger partial charge in [0.25, 0.3) is 5.91 Å². The van der Waals surface area contributed by atoms with Crippen molar-refractivity contribution in [2.24, 2.45) is 0 Å². The quantitative estimate of drug-likeness (QED) is 0.855. The van der Waals surface area contributed by atoms with Crippen LogP contribution in [0.3, 0.4) is 0 Å². The summed E-state index contributed by atoms with van der Waals surface area (Å²) < 4.78 is 30.9. The molecule has 0 saturated heterocycles. The van der Waals surface area contributed by atoms with Crippen molar-refractivity contribution in [3.05, 3.63) is 59.2 Å². The van der Waals surface area contributed by atoms with E-state index in [2.05, 4.69) is 5.32 Å². The normalized spacial score (nSPS) is 11.4. The fraction of sp³-hybridized carbons (Fsp3) is 0.278. The fourth-order valence-corrected chi connectivity index (χ4v) is 3.39. The molecule has 0 spiro atoms. The molecule has 134 valence electrons. The lowest BCUT2D eigenvalue weighted by molar-refractivity contribution is 0.0950. The average molecular weight is 362 g/mol. The van der Waals surface area contributed by atoms with Crippen LogP contribution in [0.15, 0.2) is 47.4 Å². The molecule has 2 aromatic rings. The molecule has 0 aliphatic carbocycles. The molecule has 0 bridgehead atoms. The molecule has 0 heterocycles. The Hall–Kier alpha value is -2.38. The second-order valence-corrected chi connectivity index (χ2v) is 7.92. The Balaban J connectivity index is 2.16. The summed E-state index contributed by atoms with van der Waals surface area (Å²) in [6, 6.07) is 12.0. The zero-order chi connectivity index (χ0) is 18.6. The first kappa shape index (κ1) is 19.0. The van der Waals surface area contributed by atoms with E-state index in [1.165, 1.54) is 20.2 Å². The van der Waals surface area contributed by atoms with Crippen molar-refractivity contribution in [3.63, 3.8) is 0 Å². The molecule has 2 aromatic carbocycles. The second kappa shape index (κ2) is 7.67. The van der Waals surface area contributed by atoms with Gasteiger partial charge >= 0.3 is 0 Å². The molecule has 0 aliphatic rings. The van der Waals surface area contributed by atoms with Crippen LogP contribution in [-0.4, -0.2) is 39.8 Å². The van der Waals surface area contributed by atoms with E-state index in [9.17, 15) is 13.2 Å². The van der Waals surface area contributed by atoms with Gasteiger partial charge in [0.1, 0.15) is 5.75 Å². The van der Waals surface area contributed by atoms with Gasteiger partial charge in [-0.25, -0.2) is 12.7 Å².